The van der Waals surface area contributed by atoms with Crippen molar-refractivity contribution in [1.29, 1.82) is 0 Å². The maximum atomic E-state index is 13.9. The van der Waals surface area contributed by atoms with Crippen LogP contribution in [0.5, 0.6) is 0 Å². The van der Waals surface area contributed by atoms with E-state index in [1.807, 2.05) is 0 Å². The largest absolute Gasteiger partial charge is 0.378 e. The van der Waals surface area contributed by atoms with Crippen molar-refractivity contribution in [3.05, 3.63) is 34.6 Å². The number of hydrogen-bond acceptors (Lipinski definition) is 2. The van der Waals surface area contributed by atoms with Gasteiger partial charge in [-0.25, -0.2) is 4.39 Å². The van der Waals surface area contributed by atoms with Crippen LogP contribution in [0.25, 0.3) is 0 Å². The molecule has 118 valence electrons. The molecule has 2 atom stereocenters. The van der Waals surface area contributed by atoms with Crippen molar-refractivity contribution in [3.8, 4) is 0 Å². The number of benzene rings is 1. The fourth-order valence-corrected chi connectivity index (χ4v) is 3.24. The molecule has 2 rings (SSSR count). The Morgan fingerprint density at radius 2 is 2.33 bits per heavy atom. The van der Waals surface area contributed by atoms with Gasteiger partial charge in [0, 0.05) is 23.2 Å². The van der Waals surface area contributed by atoms with E-state index in [4.69, 9.17) is 16.3 Å². The Morgan fingerprint density at radius 1 is 1.48 bits per heavy atom. The second-order valence-electron chi connectivity index (χ2n) is 5.72. The van der Waals surface area contributed by atoms with Crippen molar-refractivity contribution in [1.82, 2.24) is 5.32 Å². The predicted molar refractivity (Wildman–Crippen MR) is 85.4 cm³/mol. The van der Waals surface area contributed by atoms with E-state index in [9.17, 15) is 4.39 Å². The predicted octanol–water partition coefficient (Wildman–Crippen LogP) is 4.35. The van der Waals surface area contributed by atoms with Crippen LogP contribution in [0.4, 0.5) is 4.39 Å². The number of halogens is 2. The summed E-state index contributed by atoms with van der Waals surface area (Å²) in [6, 6.07) is 5.16. The third-order valence-electron chi connectivity index (χ3n) is 4.11. The normalized spacial score (nSPS) is 19.9. The van der Waals surface area contributed by atoms with Crippen molar-refractivity contribution in [3.63, 3.8) is 0 Å². The molecule has 1 saturated heterocycles. The van der Waals surface area contributed by atoms with E-state index in [0.29, 0.717) is 23.1 Å². The third-order valence-corrected chi connectivity index (χ3v) is 4.46. The number of ether oxygens (including phenoxy) is 1. The average Bonchev–Trinajstić information content (AvgIpc) is 2.96. The molecule has 0 saturated carbocycles. The number of likely N-dealkylation sites (N-methyl/N-ethyl adjacent to an activating group) is 1. The quantitative estimate of drug-likeness (QED) is 0.770. The molecule has 0 aliphatic carbocycles. The van der Waals surface area contributed by atoms with Gasteiger partial charge in [-0.3, -0.25) is 0 Å². The average molecular weight is 314 g/mol. The summed E-state index contributed by atoms with van der Waals surface area (Å²) in [7, 11) is 0. The molecule has 1 aromatic rings. The fourth-order valence-electron chi connectivity index (χ4n) is 3.00. The van der Waals surface area contributed by atoms with Crippen LogP contribution < -0.4 is 5.32 Å². The molecule has 1 heterocycles. The molecular formula is C17H25ClFNO. The van der Waals surface area contributed by atoms with Crippen LogP contribution in [-0.4, -0.2) is 25.3 Å². The molecule has 0 amide bonds. The minimum absolute atomic E-state index is 0.204. The number of hydrogen-bond donors (Lipinski definition) is 1. The van der Waals surface area contributed by atoms with E-state index in [0.717, 1.165) is 32.4 Å². The fraction of sp³-hybridized carbons (Fsp3) is 0.647. The lowest BCUT2D eigenvalue weighted by atomic mass is 9.99. The lowest BCUT2D eigenvalue weighted by molar-refractivity contribution is 0.101. The molecule has 0 bridgehead atoms. The van der Waals surface area contributed by atoms with Crippen molar-refractivity contribution in [2.45, 2.75) is 57.6 Å². The zero-order valence-corrected chi connectivity index (χ0v) is 13.5. The summed E-state index contributed by atoms with van der Waals surface area (Å²) in [5.74, 6) is -0.204. The highest BCUT2D eigenvalue weighted by Gasteiger charge is 2.17. The van der Waals surface area contributed by atoms with Crippen molar-refractivity contribution in [2.24, 2.45) is 0 Å². The van der Waals surface area contributed by atoms with Gasteiger partial charge < -0.3 is 10.1 Å². The second kappa shape index (κ2) is 8.72. The summed E-state index contributed by atoms with van der Waals surface area (Å²) in [4.78, 5) is 0. The first-order valence-electron chi connectivity index (χ1n) is 7.98. The van der Waals surface area contributed by atoms with Gasteiger partial charge in [0.25, 0.3) is 0 Å². The van der Waals surface area contributed by atoms with E-state index < -0.39 is 0 Å². The van der Waals surface area contributed by atoms with Gasteiger partial charge in [0.15, 0.2) is 0 Å². The highest BCUT2D eigenvalue weighted by Crippen LogP contribution is 2.23. The van der Waals surface area contributed by atoms with Crippen LogP contribution in [0, 0.1) is 5.82 Å². The van der Waals surface area contributed by atoms with Gasteiger partial charge >= 0.3 is 0 Å². The maximum absolute atomic E-state index is 13.9. The molecule has 1 aliphatic heterocycles. The first kappa shape index (κ1) is 16.7. The third kappa shape index (κ3) is 5.24. The van der Waals surface area contributed by atoms with Gasteiger partial charge in [0.1, 0.15) is 5.82 Å². The molecule has 1 fully saturated rings. The van der Waals surface area contributed by atoms with Gasteiger partial charge in [0.2, 0.25) is 0 Å². The van der Waals surface area contributed by atoms with E-state index in [2.05, 4.69) is 12.2 Å². The SMILES string of the molecule is CCNC(CCCC1CCCO1)Cc1c(F)cccc1Cl. The number of nitrogens with one attached hydrogen (secondary N) is 1. The van der Waals surface area contributed by atoms with Crippen LogP contribution in [-0.2, 0) is 11.2 Å². The van der Waals surface area contributed by atoms with Crippen LogP contribution >= 0.6 is 11.6 Å². The molecule has 1 aromatic carbocycles. The van der Waals surface area contributed by atoms with Crippen molar-refractivity contribution in [2.75, 3.05) is 13.2 Å². The highest BCUT2D eigenvalue weighted by molar-refractivity contribution is 6.31. The summed E-state index contributed by atoms with van der Waals surface area (Å²) >= 11 is 6.12. The minimum atomic E-state index is -0.204. The lowest BCUT2D eigenvalue weighted by Gasteiger charge is -2.20. The van der Waals surface area contributed by atoms with Gasteiger partial charge in [-0.15, -0.1) is 0 Å². The van der Waals surface area contributed by atoms with Gasteiger partial charge in [-0.05, 0) is 57.2 Å². The second-order valence-corrected chi connectivity index (χ2v) is 6.13. The van der Waals surface area contributed by atoms with E-state index in [-0.39, 0.29) is 11.9 Å². The van der Waals surface area contributed by atoms with Crippen LogP contribution in [0.2, 0.25) is 5.02 Å². The van der Waals surface area contributed by atoms with E-state index in [1.165, 1.54) is 18.9 Å². The topological polar surface area (TPSA) is 21.3 Å². The van der Waals surface area contributed by atoms with Gasteiger partial charge in [-0.2, -0.15) is 0 Å². The van der Waals surface area contributed by atoms with Gasteiger partial charge in [-0.1, -0.05) is 24.6 Å². The minimum Gasteiger partial charge on any atom is -0.378 e. The summed E-state index contributed by atoms with van der Waals surface area (Å²) in [6.07, 6.45) is 6.69. The van der Waals surface area contributed by atoms with Crippen LogP contribution in [0.15, 0.2) is 18.2 Å². The van der Waals surface area contributed by atoms with Crippen LogP contribution in [0.3, 0.4) is 0 Å². The first-order valence-corrected chi connectivity index (χ1v) is 8.36. The molecule has 0 spiro atoms. The molecule has 21 heavy (non-hydrogen) atoms. The van der Waals surface area contributed by atoms with E-state index >= 15 is 0 Å². The smallest absolute Gasteiger partial charge is 0.127 e. The standard InChI is InChI=1S/C17H25ClFNO/c1-2-20-13(6-3-7-14-8-5-11-21-14)12-15-16(18)9-4-10-17(15)19/h4,9-10,13-14,20H,2-3,5-8,11-12H2,1H3. The maximum Gasteiger partial charge on any atom is 0.127 e. The highest BCUT2D eigenvalue weighted by atomic mass is 35.5. The van der Waals surface area contributed by atoms with E-state index in [1.54, 1.807) is 12.1 Å². The van der Waals surface area contributed by atoms with Gasteiger partial charge in [0.05, 0.1) is 6.10 Å². The first-order chi connectivity index (χ1) is 10.2. The zero-order valence-electron chi connectivity index (χ0n) is 12.7. The summed E-state index contributed by atoms with van der Waals surface area (Å²) in [5, 5.41) is 3.97. The number of rotatable bonds is 8. The zero-order chi connectivity index (χ0) is 15.1. The molecular weight excluding hydrogens is 289 g/mol. The Balaban J connectivity index is 1.85. The summed E-state index contributed by atoms with van der Waals surface area (Å²) < 4.78 is 19.5. The Bertz CT molecular complexity index is 415. The molecule has 2 unspecified atom stereocenters. The van der Waals surface area contributed by atoms with Crippen molar-refractivity contribution < 1.29 is 9.13 Å². The molecule has 1 aliphatic rings. The molecule has 1 N–H and O–H groups in total. The summed E-state index contributed by atoms with van der Waals surface area (Å²) in [6.45, 7) is 3.87. The van der Waals surface area contributed by atoms with Crippen LogP contribution in [0.1, 0.15) is 44.6 Å². The molecule has 2 nitrogen and oxygen atoms in total. The Labute approximate surface area is 132 Å². The molecule has 0 radical (unpaired) electrons. The lowest BCUT2D eigenvalue weighted by Crippen LogP contribution is -2.31. The Kier molecular flexibility index (Phi) is 6.94. The summed E-state index contributed by atoms with van der Waals surface area (Å²) in [5.41, 5.74) is 0.627. The van der Waals surface area contributed by atoms with Crippen molar-refractivity contribution >= 4 is 11.6 Å². The monoisotopic (exact) mass is 313 g/mol. The Hall–Kier alpha value is -0.640. The molecule has 4 heteroatoms. The Morgan fingerprint density at radius 3 is 3.00 bits per heavy atom. The molecule has 0 aromatic heterocycles.